The minimum Gasteiger partial charge on any atom is -0.342 e. The topological polar surface area (TPSA) is 49.4 Å². The number of likely N-dealkylation sites (tertiary alicyclic amines) is 1. The summed E-state index contributed by atoms with van der Waals surface area (Å²) in [4.78, 5) is 26.0. The Kier molecular flexibility index (Phi) is 5.62. The summed E-state index contributed by atoms with van der Waals surface area (Å²) in [5, 5.41) is 3.33. The SMILES string of the molecule is Cc1ccc(Cl)cc1NC(=O)CC(=O)N1CCCCCC1. The molecule has 21 heavy (non-hydrogen) atoms. The molecule has 0 unspecified atom stereocenters. The molecule has 1 heterocycles. The molecule has 0 spiro atoms. The molecule has 0 atom stereocenters. The van der Waals surface area contributed by atoms with Gasteiger partial charge < -0.3 is 10.2 Å². The van der Waals surface area contributed by atoms with Crippen LogP contribution < -0.4 is 5.32 Å². The van der Waals surface area contributed by atoms with Crippen LogP contribution in [0, 0.1) is 6.92 Å². The first-order valence-electron chi connectivity index (χ1n) is 7.40. The predicted octanol–water partition coefficient (Wildman–Crippen LogP) is 3.38. The summed E-state index contributed by atoms with van der Waals surface area (Å²) in [6.07, 6.45) is 4.28. The van der Waals surface area contributed by atoms with Gasteiger partial charge >= 0.3 is 0 Å². The second kappa shape index (κ2) is 7.46. The Hall–Kier alpha value is -1.55. The first kappa shape index (κ1) is 15.8. The van der Waals surface area contributed by atoms with Gasteiger partial charge in [0.25, 0.3) is 0 Å². The lowest BCUT2D eigenvalue weighted by Gasteiger charge is -2.20. The fraction of sp³-hybridized carbons (Fsp3) is 0.500. The van der Waals surface area contributed by atoms with Crippen molar-refractivity contribution in [3.63, 3.8) is 0 Å². The molecule has 0 aliphatic carbocycles. The monoisotopic (exact) mass is 308 g/mol. The molecule has 5 heteroatoms. The predicted molar refractivity (Wildman–Crippen MR) is 84.5 cm³/mol. The minimum absolute atomic E-state index is 0.0888. The lowest BCUT2D eigenvalue weighted by Crippen LogP contribution is -2.34. The Labute approximate surface area is 130 Å². The second-order valence-corrected chi connectivity index (χ2v) is 5.92. The smallest absolute Gasteiger partial charge is 0.233 e. The highest BCUT2D eigenvalue weighted by Crippen LogP contribution is 2.20. The van der Waals surface area contributed by atoms with Gasteiger partial charge in [-0.2, -0.15) is 0 Å². The number of halogens is 1. The van der Waals surface area contributed by atoms with E-state index in [0.717, 1.165) is 44.3 Å². The van der Waals surface area contributed by atoms with Gasteiger partial charge in [0.05, 0.1) is 0 Å². The average molecular weight is 309 g/mol. The number of hydrogen-bond acceptors (Lipinski definition) is 2. The fourth-order valence-corrected chi connectivity index (χ4v) is 2.66. The van der Waals surface area contributed by atoms with Crippen LogP contribution in [0.3, 0.4) is 0 Å². The molecular formula is C16H21ClN2O2. The summed E-state index contributed by atoms with van der Waals surface area (Å²) in [6.45, 7) is 3.42. The highest BCUT2D eigenvalue weighted by Gasteiger charge is 2.18. The van der Waals surface area contributed by atoms with Crippen LogP contribution in [0.2, 0.25) is 5.02 Å². The lowest BCUT2D eigenvalue weighted by molar-refractivity contribution is -0.134. The first-order chi connectivity index (χ1) is 10.1. The van der Waals surface area contributed by atoms with Gasteiger partial charge in [0.15, 0.2) is 0 Å². The van der Waals surface area contributed by atoms with Crippen LogP contribution in [0.5, 0.6) is 0 Å². The number of nitrogens with one attached hydrogen (secondary N) is 1. The van der Waals surface area contributed by atoms with Crippen molar-refractivity contribution in [2.45, 2.75) is 39.0 Å². The quantitative estimate of drug-likeness (QED) is 0.870. The molecule has 0 aromatic heterocycles. The van der Waals surface area contributed by atoms with Crippen LogP contribution in [-0.2, 0) is 9.59 Å². The van der Waals surface area contributed by atoms with E-state index in [2.05, 4.69) is 5.32 Å². The molecule has 1 saturated heterocycles. The zero-order valence-corrected chi connectivity index (χ0v) is 13.1. The molecule has 1 aromatic rings. The molecule has 1 fully saturated rings. The van der Waals surface area contributed by atoms with Crippen LogP contribution in [0.1, 0.15) is 37.7 Å². The van der Waals surface area contributed by atoms with E-state index in [9.17, 15) is 9.59 Å². The van der Waals surface area contributed by atoms with Crippen molar-refractivity contribution in [2.75, 3.05) is 18.4 Å². The van der Waals surface area contributed by atoms with Gasteiger partial charge in [-0.15, -0.1) is 0 Å². The third-order valence-electron chi connectivity index (χ3n) is 3.74. The van der Waals surface area contributed by atoms with Crippen molar-refractivity contribution >= 4 is 29.1 Å². The van der Waals surface area contributed by atoms with Crippen LogP contribution in [0.15, 0.2) is 18.2 Å². The molecule has 1 aliphatic heterocycles. The largest absolute Gasteiger partial charge is 0.342 e. The van der Waals surface area contributed by atoms with Crippen LogP contribution in [0.25, 0.3) is 0 Å². The summed E-state index contributed by atoms with van der Waals surface area (Å²) in [5.41, 5.74) is 1.59. The number of amides is 2. The van der Waals surface area contributed by atoms with Gasteiger partial charge in [0, 0.05) is 23.8 Å². The molecule has 2 rings (SSSR count). The van der Waals surface area contributed by atoms with Gasteiger partial charge in [0.1, 0.15) is 6.42 Å². The maximum absolute atomic E-state index is 12.1. The van der Waals surface area contributed by atoms with E-state index in [1.165, 1.54) is 0 Å². The van der Waals surface area contributed by atoms with E-state index in [-0.39, 0.29) is 18.2 Å². The molecule has 0 saturated carbocycles. The average Bonchev–Trinajstić information content (AvgIpc) is 2.72. The Morgan fingerprint density at radius 2 is 1.86 bits per heavy atom. The first-order valence-corrected chi connectivity index (χ1v) is 7.78. The molecule has 0 radical (unpaired) electrons. The Morgan fingerprint density at radius 1 is 1.19 bits per heavy atom. The summed E-state index contributed by atoms with van der Waals surface area (Å²) < 4.78 is 0. The summed E-state index contributed by atoms with van der Waals surface area (Å²) >= 11 is 5.92. The van der Waals surface area contributed by atoms with Gasteiger partial charge in [-0.25, -0.2) is 0 Å². The molecule has 114 valence electrons. The number of carbonyl (C=O) groups excluding carboxylic acids is 2. The zero-order chi connectivity index (χ0) is 15.2. The highest BCUT2D eigenvalue weighted by molar-refractivity contribution is 6.31. The normalized spacial score (nSPS) is 15.4. The van der Waals surface area contributed by atoms with Crippen molar-refractivity contribution < 1.29 is 9.59 Å². The molecular weight excluding hydrogens is 288 g/mol. The molecule has 4 nitrogen and oxygen atoms in total. The van der Waals surface area contributed by atoms with E-state index < -0.39 is 0 Å². The van der Waals surface area contributed by atoms with Crippen LogP contribution in [0.4, 0.5) is 5.69 Å². The number of nitrogens with zero attached hydrogens (tertiary/aromatic N) is 1. The van der Waals surface area contributed by atoms with Crippen molar-refractivity contribution in [1.29, 1.82) is 0 Å². The van der Waals surface area contributed by atoms with E-state index in [1.807, 2.05) is 13.0 Å². The van der Waals surface area contributed by atoms with E-state index in [4.69, 9.17) is 11.6 Å². The Balaban J connectivity index is 1.91. The van der Waals surface area contributed by atoms with Crippen molar-refractivity contribution in [2.24, 2.45) is 0 Å². The minimum atomic E-state index is -0.283. The van der Waals surface area contributed by atoms with Crippen LogP contribution in [-0.4, -0.2) is 29.8 Å². The Morgan fingerprint density at radius 3 is 2.52 bits per heavy atom. The standard InChI is InChI=1S/C16H21ClN2O2/c1-12-6-7-13(17)10-14(12)18-15(20)11-16(21)19-8-4-2-3-5-9-19/h6-7,10H,2-5,8-9,11H2,1H3,(H,18,20). The van der Waals surface area contributed by atoms with Crippen molar-refractivity contribution in [3.05, 3.63) is 28.8 Å². The third kappa shape index (κ3) is 4.74. The Bertz CT molecular complexity index is 523. The van der Waals surface area contributed by atoms with Crippen LogP contribution >= 0.6 is 11.6 Å². The number of anilines is 1. The van der Waals surface area contributed by atoms with Gasteiger partial charge in [-0.3, -0.25) is 9.59 Å². The highest BCUT2D eigenvalue weighted by atomic mass is 35.5. The number of carbonyl (C=O) groups is 2. The number of benzene rings is 1. The van der Waals surface area contributed by atoms with Gasteiger partial charge in [-0.05, 0) is 37.5 Å². The number of hydrogen-bond donors (Lipinski definition) is 1. The molecule has 1 aliphatic rings. The maximum Gasteiger partial charge on any atom is 0.233 e. The number of rotatable bonds is 3. The summed E-state index contributed by atoms with van der Waals surface area (Å²) in [7, 11) is 0. The summed E-state index contributed by atoms with van der Waals surface area (Å²) in [6, 6.07) is 5.31. The van der Waals surface area contributed by atoms with E-state index in [0.29, 0.717) is 10.7 Å². The lowest BCUT2D eigenvalue weighted by atomic mass is 10.2. The molecule has 2 amide bonds. The van der Waals surface area contributed by atoms with Gasteiger partial charge in [0.2, 0.25) is 11.8 Å². The van der Waals surface area contributed by atoms with E-state index in [1.54, 1.807) is 17.0 Å². The number of aryl methyl sites for hydroxylation is 1. The molecule has 1 N–H and O–H groups in total. The molecule has 0 bridgehead atoms. The fourth-order valence-electron chi connectivity index (χ4n) is 2.49. The maximum atomic E-state index is 12.1. The van der Waals surface area contributed by atoms with Gasteiger partial charge in [-0.1, -0.05) is 30.5 Å². The van der Waals surface area contributed by atoms with Crippen molar-refractivity contribution in [1.82, 2.24) is 4.90 Å². The zero-order valence-electron chi connectivity index (χ0n) is 12.3. The third-order valence-corrected chi connectivity index (χ3v) is 3.98. The van der Waals surface area contributed by atoms with Crippen molar-refractivity contribution in [3.8, 4) is 0 Å². The second-order valence-electron chi connectivity index (χ2n) is 5.48. The van der Waals surface area contributed by atoms with E-state index >= 15 is 0 Å². The molecule has 1 aromatic carbocycles. The summed E-state index contributed by atoms with van der Waals surface area (Å²) in [5.74, 6) is -0.372.